The van der Waals surface area contributed by atoms with Gasteiger partial charge in [-0.1, -0.05) is 13.3 Å². The van der Waals surface area contributed by atoms with E-state index in [9.17, 15) is 9.90 Å². The van der Waals surface area contributed by atoms with Gasteiger partial charge in [-0.2, -0.15) is 4.98 Å². The van der Waals surface area contributed by atoms with Crippen molar-refractivity contribution in [2.75, 3.05) is 67.3 Å². The Morgan fingerprint density at radius 1 is 0.825 bits per heavy atom. The van der Waals surface area contributed by atoms with E-state index in [2.05, 4.69) is 21.9 Å². The van der Waals surface area contributed by atoms with Crippen molar-refractivity contribution >= 4 is 17.6 Å². The average molecular weight is 789 g/mol. The average Bonchev–Trinajstić information content (AvgIpc) is 3.63. The van der Waals surface area contributed by atoms with Gasteiger partial charge in [0.25, 0.3) is 0 Å². The summed E-state index contributed by atoms with van der Waals surface area (Å²) in [5, 5.41) is 17.3. The number of nitrogens with one attached hydrogen (secondary N) is 1. The molecule has 1 amide bonds. The van der Waals surface area contributed by atoms with Crippen LogP contribution in [0.4, 0.5) is 10.6 Å². The Kier molecular flexibility index (Phi) is 15.2. The number of carbonyl (C=O) groups excluding carboxylic acids is 1. The predicted octanol–water partition coefficient (Wildman–Crippen LogP) is 5.63. The van der Waals surface area contributed by atoms with Crippen LogP contribution in [-0.4, -0.2) is 99.3 Å². The zero-order valence-electron chi connectivity index (χ0n) is 33.6. The van der Waals surface area contributed by atoms with Gasteiger partial charge in [0.1, 0.15) is 47.2 Å². The van der Waals surface area contributed by atoms with Gasteiger partial charge in [-0.3, -0.25) is 0 Å². The van der Waals surface area contributed by atoms with E-state index in [0.29, 0.717) is 78.3 Å². The molecule has 57 heavy (non-hydrogen) atoms. The summed E-state index contributed by atoms with van der Waals surface area (Å²) in [5.74, 6) is 4.23. The minimum atomic E-state index is -0.538. The maximum absolute atomic E-state index is 11.5. The number of amides is 1. The summed E-state index contributed by atoms with van der Waals surface area (Å²) in [4.78, 5) is 23.5. The minimum Gasteiger partial charge on any atom is -0.497 e. The lowest BCUT2D eigenvalue weighted by molar-refractivity contribution is 0.133. The highest BCUT2D eigenvalue weighted by molar-refractivity contribution is 5.67. The van der Waals surface area contributed by atoms with Gasteiger partial charge in [-0.25, -0.2) is 14.3 Å². The Bertz CT molecular complexity index is 2010. The third-order valence-corrected chi connectivity index (χ3v) is 9.13. The van der Waals surface area contributed by atoms with Gasteiger partial charge >= 0.3 is 12.1 Å². The molecule has 0 aliphatic carbocycles. The number of anilines is 1. The summed E-state index contributed by atoms with van der Waals surface area (Å²) in [6.07, 6.45) is 3.25. The lowest BCUT2D eigenvalue weighted by Gasteiger charge is -2.27. The van der Waals surface area contributed by atoms with Crippen LogP contribution < -0.4 is 43.4 Å². The first-order valence-electron chi connectivity index (χ1n) is 18.6. The van der Waals surface area contributed by atoms with Crippen LogP contribution in [0.3, 0.4) is 0 Å². The van der Waals surface area contributed by atoms with E-state index in [1.165, 1.54) is 7.11 Å². The Morgan fingerprint density at radius 2 is 1.47 bits per heavy atom. The fourth-order valence-corrected chi connectivity index (χ4v) is 6.27. The molecule has 5 aromatic rings. The van der Waals surface area contributed by atoms with Crippen molar-refractivity contribution in [1.82, 2.24) is 24.9 Å². The Hall–Kier alpha value is -6.16. The second kappa shape index (κ2) is 20.7. The number of hydrogen-bond acceptors (Lipinski definition) is 14. The molecule has 1 atom stereocenters. The van der Waals surface area contributed by atoms with Crippen LogP contribution in [0.25, 0.3) is 5.65 Å². The van der Waals surface area contributed by atoms with Crippen LogP contribution in [0.1, 0.15) is 48.6 Å². The SMILES string of the molecule is CCCC(CCO)Oc1nc(N(Cc2ccc(OC)cc2OC)Cc2ccc(OC)cc2OC)c2ncc(Cc3cc(OC)cc(OCCNC(=O)OC)c3)n2n1. The van der Waals surface area contributed by atoms with Crippen LogP contribution >= 0.6 is 0 Å². The van der Waals surface area contributed by atoms with Crippen molar-refractivity contribution in [3.05, 3.63) is 83.2 Å². The third kappa shape index (κ3) is 11.0. The fourth-order valence-electron chi connectivity index (χ4n) is 6.27. The number of fused-ring (bicyclic) bond motifs is 1. The number of aliphatic hydroxyl groups excluding tert-OH is 1. The molecule has 0 aliphatic heterocycles. The van der Waals surface area contributed by atoms with Gasteiger partial charge in [-0.15, -0.1) is 5.10 Å². The maximum Gasteiger partial charge on any atom is 0.406 e. The van der Waals surface area contributed by atoms with Crippen molar-refractivity contribution in [3.8, 4) is 40.5 Å². The Morgan fingerprint density at radius 3 is 2.05 bits per heavy atom. The van der Waals surface area contributed by atoms with Crippen LogP contribution in [0.5, 0.6) is 40.5 Å². The second-order valence-corrected chi connectivity index (χ2v) is 12.9. The molecular weight excluding hydrogens is 736 g/mol. The number of alkyl carbamates (subject to hydrolysis) is 1. The lowest BCUT2D eigenvalue weighted by atomic mass is 10.1. The van der Waals surface area contributed by atoms with Crippen LogP contribution in [0, 0.1) is 0 Å². The normalized spacial score (nSPS) is 11.4. The van der Waals surface area contributed by atoms with Gasteiger partial charge in [-0.05, 0) is 48.4 Å². The summed E-state index contributed by atoms with van der Waals surface area (Å²) >= 11 is 0. The summed E-state index contributed by atoms with van der Waals surface area (Å²) in [6, 6.07) is 17.1. The van der Waals surface area contributed by atoms with E-state index >= 15 is 0 Å². The minimum absolute atomic E-state index is 0.0459. The van der Waals surface area contributed by atoms with Crippen LogP contribution in [0.15, 0.2) is 60.8 Å². The molecule has 16 heteroatoms. The zero-order chi connectivity index (χ0) is 40.7. The largest absolute Gasteiger partial charge is 0.497 e. The van der Waals surface area contributed by atoms with Crippen molar-refractivity contribution < 1.29 is 47.8 Å². The van der Waals surface area contributed by atoms with E-state index in [1.54, 1.807) is 52.3 Å². The molecule has 3 aromatic carbocycles. The van der Waals surface area contributed by atoms with Crippen LogP contribution in [-0.2, 0) is 24.2 Å². The van der Waals surface area contributed by atoms with Gasteiger partial charge in [0.2, 0.25) is 0 Å². The number of nitrogens with zero attached hydrogens (tertiary/aromatic N) is 5. The van der Waals surface area contributed by atoms with Gasteiger partial charge in [0.05, 0.1) is 61.1 Å². The standard InChI is InChI=1S/C41H52N6O10/c1-8-9-31(14-16-48)57-40-44-39(46(25-28-10-12-32(50-2)22-36(28)53-5)26-29-11-13-33(51-3)23-37(29)54-6)38-43-24-30(47(38)45-40)18-27-19-34(52-4)21-35(20-27)56-17-15-42-41(49)55-7/h10-13,19-24,31,48H,8-9,14-18,25-26H2,1-7H3,(H,42,49). The number of methoxy groups -OCH3 is 6. The van der Waals surface area contributed by atoms with Crippen molar-refractivity contribution in [2.45, 2.75) is 51.8 Å². The van der Waals surface area contributed by atoms with Gasteiger partial charge in [0, 0.05) is 61.9 Å². The molecule has 0 spiro atoms. The van der Waals surface area contributed by atoms with E-state index in [1.807, 2.05) is 48.5 Å². The third-order valence-electron chi connectivity index (χ3n) is 9.13. The first kappa shape index (κ1) is 42.0. The van der Waals surface area contributed by atoms with Crippen LogP contribution in [0.2, 0.25) is 0 Å². The summed E-state index contributed by atoms with van der Waals surface area (Å²) < 4.78 is 47.0. The molecule has 0 radical (unpaired) electrons. The summed E-state index contributed by atoms with van der Waals surface area (Å²) in [6.45, 7) is 3.17. The van der Waals surface area contributed by atoms with Gasteiger partial charge < -0.3 is 53.2 Å². The van der Waals surface area contributed by atoms with Crippen molar-refractivity contribution in [3.63, 3.8) is 0 Å². The maximum atomic E-state index is 11.5. The molecule has 0 saturated heterocycles. The Labute approximate surface area is 332 Å². The van der Waals surface area contributed by atoms with E-state index < -0.39 is 6.09 Å². The summed E-state index contributed by atoms with van der Waals surface area (Å²) in [7, 11) is 9.35. The highest BCUT2D eigenvalue weighted by Gasteiger charge is 2.24. The number of ether oxygens (including phenoxy) is 8. The number of carbonyl (C=O) groups is 1. The first-order chi connectivity index (χ1) is 27.7. The quantitative estimate of drug-likeness (QED) is 0.0828. The predicted molar refractivity (Wildman–Crippen MR) is 212 cm³/mol. The smallest absolute Gasteiger partial charge is 0.406 e. The lowest BCUT2D eigenvalue weighted by Crippen LogP contribution is -2.27. The van der Waals surface area contributed by atoms with E-state index in [-0.39, 0.29) is 31.9 Å². The number of imidazole rings is 1. The number of rotatable bonds is 22. The highest BCUT2D eigenvalue weighted by atomic mass is 16.5. The number of benzene rings is 3. The topological polar surface area (TPSA) is 169 Å². The van der Waals surface area contributed by atoms with Crippen molar-refractivity contribution in [2.24, 2.45) is 0 Å². The van der Waals surface area contributed by atoms with Crippen molar-refractivity contribution in [1.29, 1.82) is 0 Å². The highest BCUT2D eigenvalue weighted by Crippen LogP contribution is 2.34. The molecule has 0 aliphatic rings. The molecule has 2 aromatic heterocycles. The molecule has 16 nitrogen and oxygen atoms in total. The van der Waals surface area contributed by atoms with E-state index in [4.69, 9.17) is 48.2 Å². The van der Waals surface area contributed by atoms with Gasteiger partial charge in [0.15, 0.2) is 11.5 Å². The van der Waals surface area contributed by atoms with E-state index in [0.717, 1.165) is 28.8 Å². The number of aromatic nitrogens is 4. The molecule has 5 rings (SSSR count). The summed E-state index contributed by atoms with van der Waals surface area (Å²) in [5.41, 5.74) is 3.82. The molecule has 2 N–H and O–H groups in total. The fraction of sp³-hybridized carbons (Fsp3) is 0.415. The molecule has 306 valence electrons. The molecular formula is C41H52N6O10. The zero-order valence-corrected chi connectivity index (χ0v) is 33.6. The molecule has 1 unspecified atom stereocenters. The molecule has 2 heterocycles. The molecule has 0 bridgehead atoms. The monoisotopic (exact) mass is 788 g/mol. The molecule has 0 saturated carbocycles. The number of aliphatic hydroxyl groups is 1. The second-order valence-electron chi connectivity index (χ2n) is 12.9. The molecule has 0 fully saturated rings. The Balaban J connectivity index is 1.62. The number of hydrogen-bond donors (Lipinski definition) is 2. The first-order valence-corrected chi connectivity index (χ1v) is 18.6.